The molecule has 0 aromatic heterocycles. The molecule has 2 N–H and O–H groups in total. The summed E-state index contributed by atoms with van der Waals surface area (Å²) in [5.41, 5.74) is 8.18. The number of hydrogen-bond acceptors (Lipinski definition) is 4. The fourth-order valence-corrected chi connectivity index (χ4v) is 2.92. The van der Waals surface area contributed by atoms with Gasteiger partial charge in [0.1, 0.15) is 6.10 Å². The maximum atomic E-state index is 12.1. The van der Waals surface area contributed by atoms with Gasteiger partial charge in [-0.2, -0.15) is 0 Å². The number of nitrogens with two attached hydrogens (primary N) is 1. The molecule has 2 amide bonds. The zero-order valence-corrected chi connectivity index (χ0v) is 12.2. The highest BCUT2D eigenvalue weighted by Gasteiger charge is 2.34. The Morgan fingerprint density at radius 3 is 2.76 bits per heavy atom. The van der Waals surface area contributed by atoms with Gasteiger partial charge in [0.25, 0.3) is 0 Å². The molecule has 3 rings (SSSR count). The van der Waals surface area contributed by atoms with Crippen LogP contribution < -0.4 is 15.5 Å². The van der Waals surface area contributed by atoms with Crippen molar-refractivity contribution in [3.05, 3.63) is 23.8 Å². The topological polar surface area (TPSA) is 75.9 Å². The van der Waals surface area contributed by atoms with Gasteiger partial charge in [0.15, 0.2) is 0 Å². The second-order valence-electron chi connectivity index (χ2n) is 5.70. The first kappa shape index (κ1) is 13.9. The molecular formula is C15H19N3O3. The molecule has 0 saturated carbocycles. The number of hydrogen-bond donors (Lipinski definition) is 1. The van der Waals surface area contributed by atoms with E-state index in [4.69, 9.17) is 10.5 Å². The molecule has 0 spiro atoms. The highest BCUT2D eigenvalue weighted by Crippen LogP contribution is 2.34. The van der Waals surface area contributed by atoms with Crippen LogP contribution in [0.5, 0.6) is 0 Å². The molecule has 0 bridgehead atoms. The molecule has 1 aromatic rings. The fraction of sp³-hybridized carbons (Fsp3) is 0.467. The van der Waals surface area contributed by atoms with Gasteiger partial charge < -0.3 is 15.4 Å². The van der Waals surface area contributed by atoms with Crippen LogP contribution in [0.15, 0.2) is 18.2 Å². The van der Waals surface area contributed by atoms with E-state index in [1.165, 1.54) is 0 Å². The molecule has 1 atom stereocenters. The van der Waals surface area contributed by atoms with Gasteiger partial charge in [0, 0.05) is 24.0 Å². The van der Waals surface area contributed by atoms with Crippen molar-refractivity contribution in [2.75, 3.05) is 22.9 Å². The van der Waals surface area contributed by atoms with Gasteiger partial charge in [-0.15, -0.1) is 0 Å². The summed E-state index contributed by atoms with van der Waals surface area (Å²) in [5, 5.41) is 0. The highest BCUT2D eigenvalue weighted by atomic mass is 16.6. The Bertz CT molecular complexity index is 600. The lowest BCUT2D eigenvalue weighted by molar-refractivity contribution is -0.117. The van der Waals surface area contributed by atoms with Crippen molar-refractivity contribution in [1.29, 1.82) is 0 Å². The Labute approximate surface area is 123 Å². The monoisotopic (exact) mass is 289 g/mol. The average molecular weight is 289 g/mol. The summed E-state index contributed by atoms with van der Waals surface area (Å²) < 4.78 is 5.16. The van der Waals surface area contributed by atoms with Crippen molar-refractivity contribution < 1.29 is 14.3 Å². The molecule has 2 aliphatic rings. The van der Waals surface area contributed by atoms with E-state index < -0.39 is 0 Å². The Hall–Kier alpha value is -2.08. The molecule has 112 valence electrons. The fourth-order valence-electron chi connectivity index (χ4n) is 2.92. The first-order valence-corrected chi connectivity index (χ1v) is 7.14. The smallest absolute Gasteiger partial charge is 0.414 e. The minimum absolute atomic E-state index is 0.0981. The number of fused-ring (bicyclic) bond motifs is 1. The molecule has 0 radical (unpaired) electrons. The number of carbonyl (C=O) groups excluding carboxylic acids is 2. The first-order chi connectivity index (χ1) is 10.0. The lowest BCUT2D eigenvalue weighted by atomic mass is 10.1. The lowest BCUT2D eigenvalue weighted by Gasteiger charge is -2.22. The summed E-state index contributed by atoms with van der Waals surface area (Å²) in [7, 11) is 0. The summed E-state index contributed by atoms with van der Waals surface area (Å²) in [6, 6.07) is 5.78. The number of amides is 2. The predicted octanol–water partition coefficient (Wildman–Crippen LogP) is 1.27. The van der Waals surface area contributed by atoms with Crippen molar-refractivity contribution in [2.45, 2.75) is 32.4 Å². The van der Waals surface area contributed by atoms with Crippen molar-refractivity contribution >= 4 is 23.4 Å². The predicted molar refractivity (Wildman–Crippen MR) is 79.4 cm³/mol. The SMILES string of the molecule is CC(C)N1C(=O)Cc2cc(N3CC(CN)OC3=O)ccc21. The Kier molecular flexibility index (Phi) is 3.33. The van der Waals surface area contributed by atoms with E-state index in [-0.39, 0.29) is 24.1 Å². The number of benzene rings is 1. The third-order valence-corrected chi connectivity index (χ3v) is 3.90. The molecule has 2 heterocycles. The van der Waals surface area contributed by atoms with Gasteiger partial charge in [-0.05, 0) is 37.6 Å². The lowest BCUT2D eigenvalue weighted by Crippen LogP contribution is -2.33. The number of anilines is 2. The molecule has 1 fully saturated rings. The van der Waals surface area contributed by atoms with Gasteiger partial charge in [0.2, 0.25) is 5.91 Å². The second-order valence-corrected chi connectivity index (χ2v) is 5.70. The standard InChI is InChI=1S/C15H19N3O3/c1-9(2)18-13-4-3-11(5-10(13)6-14(18)19)17-8-12(7-16)21-15(17)20/h3-5,9,12H,6-8,16H2,1-2H3. The molecule has 21 heavy (non-hydrogen) atoms. The van der Waals surface area contributed by atoms with E-state index in [1.807, 2.05) is 32.0 Å². The van der Waals surface area contributed by atoms with E-state index in [1.54, 1.807) is 9.80 Å². The van der Waals surface area contributed by atoms with Crippen LogP contribution in [0.1, 0.15) is 19.4 Å². The Morgan fingerprint density at radius 1 is 1.38 bits per heavy atom. The van der Waals surface area contributed by atoms with Crippen molar-refractivity contribution in [3.8, 4) is 0 Å². The third-order valence-electron chi connectivity index (χ3n) is 3.90. The molecule has 1 unspecified atom stereocenters. The van der Waals surface area contributed by atoms with E-state index in [9.17, 15) is 9.59 Å². The molecule has 0 aliphatic carbocycles. The van der Waals surface area contributed by atoms with Crippen molar-refractivity contribution in [3.63, 3.8) is 0 Å². The summed E-state index contributed by atoms with van der Waals surface area (Å²) in [6.45, 7) is 4.75. The van der Waals surface area contributed by atoms with Crippen LogP contribution in [-0.2, 0) is 16.0 Å². The maximum absolute atomic E-state index is 12.1. The van der Waals surface area contributed by atoms with Crippen LogP contribution in [0.25, 0.3) is 0 Å². The number of rotatable bonds is 3. The quantitative estimate of drug-likeness (QED) is 0.909. The zero-order valence-electron chi connectivity index (χ0n) is 12.2. The van der Waals surface area contributed by atoms with E-state index in [0.29, 0.717) is 19.5 Å². The van der Waals surface area contributed by atoms with Crippen LogP contribution in [-0.4, -0.2) is 37.2 Å². The summed E-state index contributed by atoms with van der Waals surface area (Å²) in [4.78, 5) is 27.3. The van der Waals surface area contributed by atoms with Crippen molar-refractivity contribution in [1.82, 2.24) is 0 Å². The molecule has 1 saturated heterocycles. The zero-order chi connectivity index (χ0) is 15.1. The minimum Gasteiger partial charge on any atom is -0.443 e. The molecule has 1 aromatic carbocycles. The highest BCUT2D eigenvalue weighted by molar-refractivity contribution is 6.02. The number of cyclic esters (lactones) is 1. The van der Waals surface area contributed by atoms with Crippen LogP contribution in [0.4, 0.5) is 16.2 Å². The van der Waals surface area contributed by atoms with Gasteiger partial charge in [-0.3, -0.25) is 9.69 Å². The number of nitrogens with zero attached hydrogens (tertiary/aromatic N) is 2. The van der Waals surface area contributed by atoms with Gasteiger partial charge in [-0.1, -0.05) is 0 Å². The molecule has 2 aliphatic heterocycles. The normalized spacial score (nSPS) is 21.2. The maximum Gasteiger partial charge on any atom is 0.414 e. The largest absolute Gasteiger partial charge is 0.443 e. The van der Waals surface area contributed by atoms with Gasteiger partial charge >= 0.3 is 6.09 Å². The first-order valence-electron chi connectivity index (χ1n) is 7.14. The minimum atomic E-state index is -0.379. The van der Waals surface area contributed by atoms with Crippen LogP contribution >= 0.6 is 0 Å². The molecule has 6 nitrogen and oxygen atoms in total. The molecule has 6 heteroatoms. The van der Waals surface area contributed by atoms with Gasteiger partial charge in [0.05, 0.1) is 13.0 Å². The van der Waals surface area contributed by atoms with Gasteiger partial charge in [-0.25, -0.2) is 4.79 Å². The Balaban J connectivity index is 1.90. The third kappa shape index (κ3) is 2.25. The van der Waals surface area contributed by atoms with E-state index in [2.05, 4.69) is 0 Å². The summed E-state index contributed by atoms with van der Waals surface area (Å²) >= 11 is 0. The Morgan fingerprint density at radius 2 is 2.14 bits per heavy atom. The van der Waals surface area contributed by atoms with Crippen LogP contribution in [0, 0.1) is 0 Å². The average Bonchev–Trinajstić information content (AvgIpc) is 2.96. The van der Waals surface area contributed by atoms with E-state index >= 15 is 0 Å². The molecular weight excluding hydrogens is 270 g/mol. The van der Waals surface area contributed by atoms with Crippen LogP contribution in [0.2, 0.25) is 0 Å². The van der Waals surface area contributed by atoms with Crippen LogP contribution in [0.3, 0.4) is 0 Å². The summed E-state index contributed by atoms with van der Waals surface area (Å²) in [6.07, 6.45) is -0.264. The summed E-state index contributed by atoms with van der Waals surface area (Å²) in [5.74, 6) is 0.0981. The number of carbonyl (C=O) groups is 2. The second kappa shape index (κ2) is 5.04. The van der Waals surface area contributed by atoms with E-state index in [0.717, 1.165) is 16.9 Å². The number of ether oxygens (including phenoxy) is 1. The van der Waals surface area contributed by atoms with Crippen molar-refractivity contribution in [2.24, 2.45) is 5.73 Å².